The smallest absolute Gasteiger partial charge is 0.217 e. The molecule has 0 unspecified atom stereocenters. The molecule has 0 aliphatic rings. The molecule has 80 valence electrons. The van der Waals surface area contributed by atoms with Crippen LogP contribution in [0.15, 0.2) is 34.9 Å². The average molecular weight is 269 g/mol. The third-order valence-corrected chi connectivity index (χ3v) is 2.27. The van der Waals surface area contributed by atoms with Crippen LogP contribution in [0.2, 0.25) is 0 Å². The number of aromatic nitrogens is 1. The van der Waals surface area contributed by atoms with Crippen LogP contribution in [0.1, 0.15) is 13.3 Å². The second-order valence-electron chi connectivity index (χ2n) is 3.02. The monoisotopic (exact) mass is 268 g/mol. The molecule has 0 fully saturated rings. The van der Waals surface area contributed by atoms with E-state index in [1.807, 2.05) is 12.1 Å². The Balaban J connectivity index is 0.000000195. The Morgan fingerprint density at radius 2 is 2.07 bits per heavy atom. The van der Waals surface area contributed by atoms with Crippen LogP contribution in [0.25, 0.3) is 10.9 Å². The first kappa shape index (κ1) is 11.8. The average Bonchev–Trinajstić information content (AvgIpc) is 2.58. The highest BCUT2D eigenvalue weighted by Gasteiger charge is 1.93. The Morgan fingerprint density at radius 1 is 1.47 bits per heavy atom. The van der Waals surface area contributed by atoms with Gasteiger partial charge < -0.3 is 10.7 Å². The number of halogens is 1. The molecule has 4 heteroatoms. The first-order valence-electron chi connectivity index (χ1n) is 4.65. The van der Waals surface area contributed by atoms with Crippen molar-refractivity contribution < 1.29 is 4.79 Å². The van der Waals surface area contributed by atoms with E-state index in [0.717, 1.165) is 4.60 Å². The molecule has 2 aromatic rings. The van der Waals surface area contributed by atoms with Crippen LogP contribution in [-0.4, -0.2) is 10.9 Å². The molecule has 1 aromatic carbocycles. The predicted octanol–water partition coefficient (Wildman–Crippen LogP) is 2.81. The summed E-state index contributed by atoms with van der Waals surface area (Å²) >= 11 is 3.37. The van der Waals surface area contributed by atoms with Gasteiger partial charge in [0.2, 0.25) is 5.91 Å². The summed E-state index contributed by atoms with van der Waals surface area (Å²) in [6.45, 7) is 1.72. The summed E-state index contributed by atoms with van der Waals surface area (Å²) in [5.74, 6) is -0.245. The summed E-state index contributed by atoms with van der Waals surface area (Å²) in [7, 11) is 0. The van der Waals surface area contributed by atoms with E-state index >= 15 is 0 Å². The SMILES string of the molecule is Brc1cc2ccccc2[nH]1.CCC(N)=O. The normalized spacial score (nSPS) is 9.47. The minimum absolute atomic E-state index is 0.245. The molecule has 0 atom stereocenters. The first-order valence-corrected chi connectivity index (χ1v) is 5.44. The quantitative estimate of drug-likeness (QED) is 0.821. The van der Waals surface area contributed by atoms with Gasteiger partial charge in [0, 0.05) is 17.3 Å². The fourth-order valence-electron chi connectivity index (χ4n) is 1.04. The fraction of sp³-hybridized carbons (Fsp3) is 0.182. The molecule has 2 rings (SSSR count). The number of H-pyrrole nitrogens is 1. The van der Waals surface area contributed by atoms with Crippen molar-refractivity contribution in [3.63, 3.8) is 0 Å². The molecular weight excluding hydrogens is 256 g/mol. The topological polar surface area (TPSA) is 58.9 Å². The molecule has 1 heterocycles. The fourth-order valence-corrected chi connectivity index (χ4v) is 1.50. The molecular formula is C11H13BrN2O. The molecule has 0 spiro atoms. The molecule has 1 aromatic heterocycles. The number of para-hydroxylation sites is 1. The molecule has 15 heavy (non-hydrogen) atoms. The molecule has 1 amide bonds. The zero-order valence-corrected chi connectivity index (χ0v) is 10.0. The van der Waals surface area contributed by atoms with Gasteiger partial charge in [-0.3, -0.25) is 4.79 Å². The third-order valence-electron chi connectivity index (χ3n) is 1.85. The van der Waals surface area contributed by atoms with Gasteiger partial charge in [-0.15, -0.1) is 0 Å². The first-order chi connectivity index (χ1) is 7.13. The van der Waals surface area contributed by atoms with Crippen molar-refractivity contribution in [2.45, 2.75) is 13.3 Å². The van der Waals surface area contributed by atoms with E-state index in [1.54, 1.807) is 6.92 Å². The highest BCUT2D eigenvalue weighted by Crippen LogP contribution is 2.17. The van der Waals surface area contributed by atoms with Gasteiger partial charge in [0.25, 0.3) is 0 Å². The number of hydrogen-bond donors (Lipinski definition) is 2. The van der Waals surface area contributed by atoms with Crippen molar-refractivity contribution in [3.8, 4) is 0 Å². The maximum Gasteiger partial charge on any atom is 0.217 e. The van der Waals surface area contributed by atoms with Crippen LogP contribution in [0.4, 0.5) is 0 Å². The Hall–Kier alpha value is -1.29. The molecule has 0 aliphatic heterocycles. The van der Waals surface area contributed by atoms with Crippen molar-refractivity contribution in [1.82, 2.24) is 4.98 Å². The van der Waals surface area contributed by atoms with Crippen LogP contribution in [-0.2, 0) is 4.79 Å². The lowest BCUT2D eigenvalue weighted by Gasteiger charge is -1.83. The van der Waals surface area contributed by atoms with Gasteiger partial charge in [0.15, 0.2) is 0 Å². The standard InChI is InChI=1S/C8H6BrN.C3H7NO/c9-8-5-6-3-1-2-4-7(6)10-8;1-2-3(4)5/h1-5,10H;2H2,1H3,(H2,4,5). The van der Waals surface area contributed by atoms with Gasteiger partial charge in [-0.25, -0.2) is 0 Å². The Bertz CT molecular complexity index is 418. The van der Waals surface area contributed by atoms with E-state index in [2.05, 4.69) is 44.8 Å². The highest BCUT2D eigenvalue weighted by molar-refractivity contribution is 9.10. The molecule has 3 nitrogen and oxygen atoms in total. The predicted molar refractivity (Wildman–Crippen MR) is 65.5 cm³/mol. The summed E-state index contributed by atoms with van der Waals surface area (Å²) < 4.78 is 1.04. The van der Waals surface area contributed by atoms with Crippen LogP contribution in [0.3, 0.4) is 0 Å². The van der Waals surface area contributed by atoms with Crippen LogP contribution in [0.5, 0.6) is 0 Å². The molecule has 0 radical (unpaired) electrons. The van der Waals surface area contributed by atoms with Crippen molar-refractivity contribution in [3.05, 3.63) is 34.9 Å². The Labute approximate surface area is 96.8 Å². The number of carbonyl (C=O) groups is 1. The number of carbonyl (C=O) groups excluding carboxylic acids is 1. The van der Waals surface area contributed by atoms with Gasteiger partial charge in [0.05, 0.1) is 4.60 Å². The van der Waals surface area contributed by atoms with Gasteiger partial charge in [0.1, 0.15) is 0 Å². The second kappa shape index (κ2) is 5.56. The number of nitrogens with one attached hydrogen (secondary N) is 1. The van der Waals surface area contributed by atoms with Crippen LogP contribution >= 0.6 is 15.9 Å². The van der Waals surface area contributed by atoms with Crippen LogP contribution < -0.4 is 5.73 Å². The summed E-state index contributed by atoms with van der Waals surface area (Å²) in [6, 6.07) is 10.2. The lowest BCUT2D eigenvalue weighted by Crippen LogP contribution is -2.06. The summed E-state index contributed by atoms with van der Waals surface area (Å²) in [6.07, 6.45) is 0.444. The van der Waals surface area contributed by atoms with E-state index in [0.29, 0.717) is 6.42 Å². The zero-order chi connectivity index (χ0) is 11.3. The van der Waals surface area contributed by atoms with Crippen molar-refractivity contribution in [2.24, 2.45) is 5.73 Å². The van der Waals surface area contributed by atoms with Crippen molar-refractivity contribution in [1.29, 1.82) is 0 Å². The molecule has 3 N–H and O–H groups in total. The summed E-state index contributed by atoms with van der Waals surface area (Å²) in [4.78, 5) is 12.8. The van der Waals surface area contributed by atoms with E-state index in [4.69, 9.17) is 0 Å². The summed E-state index contributed by atoms with van der Waals surface area (Å²) in [5, 5.41) is 1.24. The number of rotatable bonds is 1. The van der Waals surface area contributed by atoms with Gasteiger partial charge in [-0.1, -0.05) is 25.1 Å². The number of primary amides is 1. The molecule has 0 saturated carbocycles. The highest BCUT2D eigenvalue weighted by atomic mass is 79.9. The van der Waals surface area contributed by atoms with Gasteiger partial charge in [-0.05, 0) is 28.1 Å². The maximum atomic E-state index is 9.59. The second-order valence-corrected chi connectivity index (χ2v) is 3.88. The Kier molecular flexibility index (Phi) is 4.37. The third kappa shape index (κ3) is 3.75. The van der Waals surface area contributed by atoms with E-state index in [-0.39, 0.29) is 5.91 Å². The van der Waals surface area contributed by atoms with Crippen molar-refractivity contribution >= 4 is 32.7 Å². The van der Waals surface area contributed by atoms with E-state index < -0.39 is 0 Å². The van der Waals surface area contributed by atoms with Crippen LogP contribution in [0, 0.1) is 0 Å². The maximum absolute atomic E-state index is 9.59. The minimum Gasteiger partial charge on any atom is -0.370 e. The zero-order valence-electron chi connectivity index (χ0n) is 8.46. The largest absolute Gasteiger partial charge is 0.370 e. The molecule has 0 bridgehead atoms. The van der Waals surface area contributed by atoms with Crippen molar-refractivity contribution in [2.75, 3.05) is 0 Å². The summed E-state index contributed by atoms with van der Waals surface area (Å²) in [5.41, 5.74) is 5.83. The number of nitrogens with two attached hydrogens (primary N) is 1. The van der Waals surface area contributed by atoms with Gasteiger partial charge in [-0.2, -0.15) is 0 Å². The van der Waals surface area contributed by atoms with Gasteiger partial charge >= 0.3 is 0 Å². The lowest BCUT2D eigenvalue weighted by molar-refractivity contribution is -0.117. The number of hydrogen-bond acceptors (Lipinski definition) is 1. The minimum atomic E-state index is -0.245. The molecule has 0 saturated heterocycles. The number of amides is 1. The van der Waals surface area contributed by atoms with E-state index in [1.165, 1.54) is 10.9 Å². The lowest BCUT2D eigenvalue weighted by atomic mass is 10.3. The molecule has 0 aliphatic carbocycles. The number of fused-ring (bicyclic) bond motifs is 1. The number of aromatic amines is 1. The number of benzene rings is 1. The van der Waals surface area contributed by atoms with E-state index in [9.17, 15) is 4.79 Å². The Morgan fingerprint density at radius 3 is 2.60 bits per heavy atom.